The largest absolute Gasteiger partial charge is 0.455 e. The van der Waals surface area contributed by atoms with Crippen molar-refractivity contribution in [3.8, 4) is 57.4 Å². The Morgan fingerprint density at radius 2 is 0.912 bits per heavy atom. The molecule has 0 aliphatic carbocycles. The molecule has 0 aliphatic rings. The van der Waals surface area contributed by atoms with Crippen LogP contribution in [0.1, 0.15) is 11.1 Å². The van der Waals surface area contributed by atoms with Gasteiger partial charge in [-0.15, -0.1) is 0 Å². The fourth-order valence-electron chi connectivity index (χ4n) is 10.5. The Bertz CT molecular complexity index is 4270. The van der Waals surface area contributed by atoms with E-state index in [1.54, 1.807) is 12.4 Å². The average Bonchev–Trinajstić information content (AvgIpc) is 4.16. The fourth-order valence-corrected chi connectivity index (χ4v) is 10.5. The first-order chi connectivity index (χ1) is 33.7. The second-order valence-corrected chi connectivity index (χ2v) is 16.9. The highest BCUT2D eigenvalue weighted by molar-refractivity contribution is 6.25. The molecule has 14 rings (SSSR count). The molecule has 0 spiro atoms. The van der Waals surface area contributed by atoms with Crippen LogP contribution < -0.4 is 0 Å². The van der Waals surface area contributed by atoms with Crippen LogP contribution >= 0.6 is 0 Å². The summed E-state index contributed by atoms with van der Waals surface area (Å²) in [5, 5.41) is 30.0. The van der Waals surface area contributed by atoms with Crippen LogP contribution in [-0.4, -0.2) is 24.1 Å². The van der Waals surface area contributed by atoms with E-state index in [-0.39, 0.29) is 0 Å². The van der Waals surface area contributed by atoms with Gasteiger partial charge >= 0.3 is 0 Å². The minimum Gasteiger partial charge on any atom is -0.455 e. The van der Waals surface area contributed by atoms with Gasteiger partial charge in [-0.2, -0.15) is 10.5 Å². The van der Waals surface area contributed by atoms with Crippen LogP contribution in [0.25, 0.3) is 133 Å². The molecule has 314 valence electrons. The zero-order valence-corrected chi connectivity index (χ0v) is 35.8. The first-order valence-corrected chi connectivity index (χ1v) is 22.2. The van der Waals surface area contributed by atoms with E-state index in [4.69, 9.17) is 18.8 Å². The molecule has 6 aromatic heterocycles. The summed E-state index contributed by atoms with van der Waals surface area (Å²) < 4.78 is 17.6. The number of hydrogen-bond donors (Lipinski definition) is 0. The molecule has 0 atom stereocenters. The Labute approximate surface area is 386 Å². The summed E-state index contributed by atoms with van der Waals surface area (Å²) in [7, 11) is 0. The van der Waals surface area contributed by atoms with Crippen molar-refractivity contribution in [2.24, 2.45) is 0 Å². The van der Waals surface area contributed by atoms with E-state index in [1.807, 2.05) is 115 Å². The molecule has 0 N–H and O–H groups in total. The van der Waals surface area contributed by atoms with E-state index >= 15 is 0 Å². The Hall–Kier alpha value is -9.83. The monoisotopic (exact) mass is 869 g/mol. The molecule has 0 fully saturated rings. The number of furan rings is 2. The van der Waals surface area contributed by atoms with Crippen molar-refractivity contribution < 1.29 is 8.83 Å². The van der Waals surface area contributed by atoms with Crippen molar-refractivity contribution in [2.75, 3.05) is 0 Å². The predicted octanol–water partition coefficient (Wildman–Crippen LogP) is 14.6. The number of rotatable bonds is 5. The van der Waals surface area contributed by atoms with Gasteiger partial charge in [0, 0.05) is 61.4 Å². The number of nitriles is 2. The number of aromatic nitrogens is 5. The summed E-state index contributed by atoms with van der Waals surface area (Å²) in [6.45, 7) is 0. The van der Waals surface area contributed by atoms with Crippen LogP contribution in [0.4, 0.5) is 0 Å². The van der Waals surface area contributed by atoms with E-state index in [9.17, 15) is 10.5 Å². The molecule has 0 aliphatic heterocycles. The summed E-state index contributed by atoms with van der Waals surface area (Å²) in [5.74, 6) is 0.435. The molecule has 14 aromatic rings. The fraction of sp³-hybridized carbons (Fsp3) is 0. The minimum absolute atomic E-state index is 0.435. The molecule has 0 saturated carbocycles. The first-order valence-electron chi connectivity index (χ1n) is 22.2. The quantitative estimate of drug-likeness (QED) is 0.169. The highest BCUT2D eigenvalue weighted by Gasteiger charge is 2.26. The van der Waals surface area contributed by atoms with Gasteiger partial charge in [-0.25, -0.2) is 9.97 Å². The maximum absolute atomic E-state index is 11.0. The molecular formula is C59H31N7O2. The zero-order chi connectivity index (χ0) is 45.0. The maximum atomic E-state index is 11.0. The van der Waals surface area contributed by atoms with Crippen LogP contribution in [-0.2, 0) is 0 Å². The van der Waals surface area contributed by atoms with Gasteiger partial charge in [0.2, 0.25) is 0 Å². The van der Waals surface area contributed by atoms with E-state index < -0.39 is 0 Å². The third-order valence-corrected chi connectivity index (χ3v) is 13.3. The lowest BCUT2D eigenvalue weighted by Crippen LogP contribution is -2.05. The smallest absolute Gasteiger partial charge is 0.161 e. The summed E-state index contributed by atoms with van der Waals surface area (Å²) in [4.78, 5) is 15.1. The van der Waals surface area contributed by atoms with Crippen molar-refractivity contribution >= 4 is 87.5 Å². The average molecular weight is 870 g/mol. The lowest BCUT2D eigenvalue weighted by molar-refractivity contribution is 0.672. The van der Waals surface area contributed by atoms with E-state index in [2.05, 4.69) is 86.9 Å². The summed E-state index contributed by atoms with van der Waals surface area (Å²) in [6, 6.07) is 63.4. The number of nitrogens with zero attached hydrogens (tertiary/aromatic N) is 7. The highest BCUT2D eigenvalue weighted by Crippen LogP contribution is 2.46. The maximum Gasteiger partial charge on any atom is 0.161 e. The molecule has 9 heteroatoms. The Morgan fingerprint density at radius 1 is 0.426 bits per heavy atom. The van der Waals surface area contributed by atoms with Crippen molar-refractivity contribution in [3.63, 3.8) is 0 Å². The molecule has 0 unspecified atom stereocenters. The molecule has 0 saturated heterocycles. The van der Waals surface area contributed by atoms with Crippen molar-refractivity contribution in [3.05, 3.63) is 199 Å². The molecule has 8 aromatic carbocycles. The number of para-hydroxylation sites is 6. The molecule has 0 amide bonds. The first kappa shape index (κ1) is 37.5. The highest BCUT2D eigenvalue weighted by atomic mass is 16.3. The van der Waals surface area contributed by atoms with E-state index in [0.29, 0.717) is 56.4 Å². The van der Waals surface area contributed by atoms with Crippen LogP contribution in [0.5, 0.6) is 0 Å². The molecule has 0 radical (unpaired) electrons. The third kappa shape index (κ3) is 5.27. The normalized spacial score (nSPS) is 11.8. The van der Waals surface area contributed by atoms with Crippen molar-refractivity contribution in [1.82, 2.24) is 24.1 Å². The van der Waals surface area contributed by atoms with Crippen LogP contribution in [0, 0.1) is 22.7 Å². The molecule has 0 bridgehead atoms. The van der Waals surface area contributed by atoms with E-state index in [1.165, 1.54) is 0 Å². The van der Waals surface area contributed by atoms with Crippen LogP contribution in [0.15, 0.2) is 197 Å². The second-order valence-electron chi connectivity index (χ2n) is 16.9. The third-order valence-electron chi connectivity index (χ3n) is 13.3. The van der Waals surface area contributed by atoms with E-state index in [0.717, 1.165) is 87.5 Å². The second kappa shape index (κ2) is 14.3. The Morgan fingerprint density at radius 3 is 1.40 bits per heavy atom. The van der Waals surface area contributed by atoms with Crippen LogP contribution in [0.2, 0.25) is 0 Å². The Balaban J connectivity index is 1.06. The zero-order valence-electron chi connectivity index (χ0n) is 35.8. The number of benzene rings is 8. The lowest BCUT2D eigenvalue weighted by atomic mass is 9.99. The van der Waals surface area contributed by atoms with Crippen LogP contribution in [0.3, 0.4) is 0 Å². The summed E-state index contributed by atoms with van der Waals surface area (Å²) in [6.07, 6.45) is 3.47. The van der Waals surface area contributed by atoms with Gasteiger partial charge < -0.3 is 18.0 Å². The SMILES string of the molecule is N#Cc1cccc(-c2cc(-c3cccc(C#N)c3-n3c4ccccc4c4c5oc6ccccc6c5ccc43)nc(-c3cccnc3)n2)c1-n1c2ccccc2c2c3oc4ccccc4c3ccc21. The summed E-state index contributed by atoms with van der Waals surface area (Å²) >= 11 is 0. The number of fused-ring (bicyclic) bond motifs is 14. The summed E-state index contributed by atoms with van der Waals surface area (Å²) in [5.41, 5.74) is 12.4. The molecular weight excluding hydrogens is 839 g/mol. The molecule has 9 nitrogen and oxygen atoms in total. The van der Waals surface area contributed by atoms with Crippen molar-refractivity contribution in [2.45, 2.75) is 0 Å². The molecule has 6 heterocycles. The van der Waals surface area contributed by atoms with Gasteiger partial charge in [-0.05, 0) is 78.9 Å². The van der Waals surface area contributed by atoms with Gasteiger partial charge in [0.1, 0.15) is 34.5 Å². The Kier molecular flexibility index (Phi) is 7.91. The number of hydrogen-bond acceptors (Lipinski definition) is 7. The minimum atomic E-state index is 0.435. The molecule has 68 heavy (non-hydrogen) atoms. The van der Waals surface area contributed by atoms with Gasteiger partial charge in [0.15, 0.2) is 5.82 Å². The standard InChI is InChI=1S/C59H31N7O2/c60-31-34-12-9-19-41(55(34)65-47-21-5-1-17-43(47)53-49(65)27-25-39-37-15-3-7-23-51(37)67-57(39)53)45-30-46(64-59(63-45)36-14-11-29-62-33-36)42-20-10-13-35(32-61)56(42)66-48-22-6-2-18-44(48)54-50(66)28-26-40-38-16-4-8-24-52(38)68-58(40)54/h1-30,33H. The van der Waals surface area contributed by atoms with Gasteiger partial charge in [0.25, 0.3) is 0 Å². The van der Waals surface area contributed by atoms with Gasteiger partial charge in [0.05, 0.1) is 66.7 Å². The topological polar surface area (TPSA) is 122 Å². The lowest BCUT2D eigenvalue weighted by Gasteiger charge is -2.18. The van der Waals surface area contributed by atoms with Gasteiger partial charge in [-0.3, -0.25) is 4.98 Å². The van der Waals surface area contributed by atoms with Gasteiger partial charge in [-0.1, -0.05) is 97.1 Å². The predicted molar refractivity (Wildman–Crippen MR) is 269 cm³/mol. The number of pyridine rings is 1. The van der Waals surface area contributed by atoms with Crippen molar-refractivity contribution in [1.29, 1.82) is 10.5 Å².